The van der Waals surface area contributed by atoms with Crippen LogP contribution in [-0.4, -0.2) is 53.9 Å². The van der Waals surface area contributed by atoms with Crippen molar-refractivity contribution < 1.29 is 23.5 Å². The number of aryl methyl sites for hydroxylation is 1. The number of fused-ring (bicyclic) bond motifs is 1. The predicted octanol–water partition coefficient (Wildman–Crippen LogP) is 5.79. The number of ketones is 1. The first kappa shape index (κ1) is 26.7. The number of carbonyl (C=O) groups is 2. The van der Waals surface area contributed by atoms with Gasteiger partial charge < -0.3 is 14.8 Å². The molecule has 1 aliphatic carbocycles. The van der Waals surface area contributed by atoms with E-state index in [0.717, 1.165) is 34.3 Å². The molecule has 1 N–H and O–H groups in total. The summed E-state index contributed by atoms with van der Waals surface area (Å²) in [6.07, 6.45) is 3.24. The van der Waals surface area contributed by atoms with Gasteiger partial charge in [-0.25, -0.2) is 9.88 Å². The Hall–Kier alpha value is -2.88. The number of anilines is 1. The highest BCUT2D eigenvalue weighted by Crippen LogP contribution is 2.38. The number of aromatic nitrogens is 1. The summed E-state index contributed by atoms with van der Waals surface area (Å²) in [6.45, 7) is 2.85. The first-order valence-corrected chi connectivity index (χ1v) is 14.2. The average Bonchev–Trinajstić information content (AvgIpc) is 3.65. The van der Waals surface area contributed by atoms with Gasteiger partial charge in [-0.2, -0.15) is 4.39 Å². The molecule has 0 radical (unpaired) electrons. The van der Waals surface area contributed by atoms with E-state index < -0.39 is 23.9 Å². The van der Waals surface area contributed by atoms with Gasteiger partial charge in [0.1, 0.15) is 6.04 Å². The van der Waals surface area contributed by atoms with E-state index in [1.807, 2.05) is 49.4 Å². The lowest BCUT2D eigenvalue weighted by atomic mass is 9.87. The molecule has 1 saturated carbocycles. The molecule has 3 aromatic rings. The molecular formula is C29H34FN3O4S. The lowest BCUT2D eigenvalue weighted by Gasteiger charge is -2.39. The molecule has 2 atom stereocenters. The highest BCUT2D eigenvalue weighted by atomic mass is 32.1. The van der Waals surface area contributed by atoms with Crippen molar-refractivity contribution in [1.29, 1.82) is 0 Å². The number of Topliss-reactive ketones (excluding diaryl/α,β-unsaturated/α-hetero) is 1. The quantitative estimate of drug-likeness (QED) is 0.272. The largest absolute Gasteiger partial charge is 0.469 e. The molecule has 1 aliphatic heterocycles. The van der Waals surface area contributed by atoms with E-state index in [9.17, 15) is 9.59 Å². The molecule has 2 fully saturated rings. The number of carbonyl (C=O) groups excluding carboxylic acids is 2. The summed E-state index contributed by atoms with van der Waals surface area (Å²) in [7, 11) is 1.38. The minimum absolute atomic E-state index is 0.210. The Bertz CT molecular complexity index is 1290. The highest BCUT2D eigenvalue weighted by molar-refractivity contribution is 7.16. The number of ether oxygens (including phenoxy) is 2. The zero-order chi connectivity index (χ0) is 26.7. The van der Waals surface area contributed by atoms with Crippen LogP contribution in [0.25, 0.3) is 10.2 Å². The van der Waals surface area contributed by atoms with E-state index in [1.165, 1.54) is 18.4 Å². The molecule has 38 heavy (non-hydrogen) atoms. The Kier molecular flexibility index (Phi) is 8.07. The smallest absolute Gasteiger partial charge is 0.332 e. The van der Waals surface area contributed by atoms with Gasteiger partial charge in [-0.3, -0.25) is 9.59 Å². The third-order valence-electron chi connectivity index (χ3n) is 7.74. The zero-order valence-corrected chi connectivity index (χ0v) is 22.6. The summed E-state index contributed by atoms with van der Waals surface area (Å²) in [5.74, 6) is -3.71. The van der Waals surface area contributed by atoms with E-state index >= 15 is 4.39 Å². The van der Waals surface area contributed by atoms with Crippen LogP contribution in [0.3, 0.4) is 0 Å². The molecule has 0 spiro atoms. The Morgan fingerprint density at radius 3 is 2.58 bits per heavy atom. The maximum absolute atomic E-state index is 17.2. The lowest BCUT2D eigenvalue weighted by Crippen LogP contribution is -2.56. The number of nitrogens with zero attached hydrogens (tertiary/aromatic N) is 2. The van der Waals surface area contributed by atoms with Crippen LogP contribution in [0.1, 0.15) is 55.7 Å². The second kappa shape index (κ2) is 11.5. The number of likely N-dealkylation sites (tertiary alicyclic amines) is 1. The second-order valence-electron chi connectivity index (χ2n) is 10.2. The van der Waals surface area contributed by atoms with Gasteiger partial charge >= 0.3 is 11.9 Å². The van der Waals surface area contributed by atoms with Gasteiger partial charge in [-0.15, -0.1) is 11.3 Å². The molecule has 1 saturated heterocycles. The van der Waals surface area contributed by atoms with Gasteiger partial charge in [-0.05, 0) is 74.8 Å². The number of halogens is 1. The molecular weight excluding hydrogens is 505 g/mol. The normalized spacial score (nSPS) is 22.6. The molecule has 0 amide bonds. The molecule has 2 heterocycles. The highest BCUT2D eigenvalue weighted by Gasteiger charge is 2.52. The standard InChI is InChI=1S/C29H34FN3O4S/c1-19-7-3-4-8-23(19)32-26(21-11-14-24-25(17-21)38-18-31-24)27(34)29(30,33-15-5-6-16-33)37-22-12-9-20(10-13-22)28(35)36-2/h3-4,7-8,11,14,17-18,20,22,26,32H,5-6,9-10,12-13,15-16H2,1-2H3. The van der Waals surface area contributed by atoms with Crippen LogP contribution in [0.4, 0.5) is 10.1 Å². The fourth-order valence-electron chi connectivity index (χ4n) is 5.52. The fourth-order valence-corrected chi connectivity index (χ4v) is 6.24. The molecule has 2 aliphatic rings. The number of hydrogen-bond donors (Lipinski definition) is 1. The summed E-state index contributed by atoms with van der Waals surface area (Å²) >= 11 is 1.48. The Balaban J connectivity index is 1.47. The van der Waals surface area contributed by atoms with Crippen LogP contribution in [0.2, 0.25) is 0 Å². The maximum atomic E-state index is 17.2. The Labute approximate surface area is 226 Å². The monoisotopic (exact) mass is 539 g/mol. The van der Waals surface area contributed by atoms with Gasteiger partial charge in [0.05, 0.1) is 34.9 Å². The fraction of sp³-hybridized carbons (Fsp3) is 0.483. The average molecular weight is 540 g/mol. The van der Waals surface area contributed by atoms with Crippen molar-refractivity contribution in [1.82, 2.24) is 9.88 Å². The SMILES string of the molecule is COC(=O)C1CCC(OC(F)(C(=O)C(Nc2ccccc2C)c2ccc3ncsc3c2)N2CCCC2)CC1. The predicted molar refractivity (Wildman–Crippen MR) is 146 cm³/mol. The number of alkyl halides is 1. The van der Waals surface area contributed by atoms with Crippen molar-refractivity contribution >= 4 is 39.0 Å². The van der Waals surface area contributed by atoms with Gasteiger partial charge in [-0.1, -0.05) is 24.3 Å². The topological polar surface area (TPSA) is 80.8 Å². The van der Waals surface area contributed by atoms with Gasteiger partial charge in [0.25, 0.3) is 0 Å². The molecule has 7 nitrogen and oxygen atoms in total. The number of para-hydroxylation sites is 1. The number of nitrogens with one attached hydrogen (secondary N) is 1. The minimum Gasteiger partial charge on any atom is -0.469 e. The van der Waals surface area contributed by atoms with Crippen LogP contribution in [0.5, 0.6) is 0 Å². The van der Waals surface area contributed by atoms with E-state index in [1.54, 1.807) is 10.4 Å². The Morgan fingerprint density at radius 2 is 1.87 bits per heavy atom. The van der Waals surface area contributed by atoms with Crippen molar-refractivity contribution in [2.45, 2.75) is 63.6 Å². The van der Waals surface area contributed by atoms with Gasteiger partial charge in [0, 0.05) is 18.8 Å². The molecule has 1 aromatic heterocycles. The molecule has 2 unspecified atom stereocenters. The number of esters is 1. The summed E-state index contributed by atoms with van der Waals surface area (Å²) in [6, 6.07) is 12.3. The van der Waals surface area contributed by atoms with Crippen molar-refractivity contribution in [2.24, 2.45) is 5.92 Å². The molecule has 0 bridgehead atoms. The van der Waals surface area contributed by atoms with E-state index in [0.29, 0.717) is 44.3 Å². The van der Waals surface area contributed by atoms with Crippen LogP contribution in [0.15, 0.2) is 48.0 Å². The number of methoxy groups -OCH3 is 1. The Morgan fingerprint density at radius 1 is 1.13 bits per heavy atom. The lowest BCUT2D eigenvalue weighted by molar-refractivity contribution is -0.253. The van der Waals surface area contributed by atoms with Crippen LogP contribution < -0.4 is 5.32 Å². The second-order valence-corrected chi connectivity index (χ2v) is 11.1. The number of rotatable bonds is 9. The van der Waals surface area contributed by atoms with Crippen molar-refractivity contribution in [3.05, 3.63) is 59.1 Å². The van der Waals surface area contributed by atoms with Gasteiger partial charge in [0.2, 0.25) is 5.78 Å². The van der Waals surface area contributed by atoms with Crippen molar-refractivity contribution in [2.75, 3.05) is 25.5 Å². The minimum atomic E-state index is -2.59. The van der Waals surface area contributed by atoms with Crippen LogP contribution >= 0.6 is 11.3 Å². The first-order valence-electron chi connectivity index (χ1n) is 13.3. The van der Waals surface area contributed by atoms with Crippen molar-refractivity contribution in [3.8, 4) is 0 Å². The van der Waals surface area contributed by atoms with Crippen molar-refractivity contribution in [3.63, 3.8) is 0 Å². The number of benzene rings is 2. The molecule has 5 rings (SSSR count). The summed E-state index contributed by atoms with van der Waals surface area (Å²) in [5, 5.41) is 3.34. The zero-order valence-electron chi connectivity index (χ0n) is 21.8. The van der Waals surface area contributed by atoms with E-state index in [2.05, 4.69) is 10.3 Å². The third kappa shape index (κ3) is 5.46. The summed E-state index contributed by atoms with van der Waals surface area (Å²) in [4.78, 5) is 32.2. The summed E-state index contributed by atoms with van der Waals surface area (Å²) in [5.41, 5.74) is 4.98. The van der Waals surface area contributed by atoms with E-state index in [-0.39, 0.29) is 11.9 Å². The first-order chi connectivity index (χ1) is 18.4. The van der Waals surface area contributed by atoms with Crippen LogP contribution in [-0.2, 0) is 19.1 Å². The number of hydrogen-bond acceptors (Lipinski definition) is 8. The molecule has 2 aromatic carbocycles. The summed E-state index contributed by atoms with van der Waals surface area (Å²) < 4.78 is 29.2. The maximum Gasteiger partial charge on any atom is 0.332 e. The molecule has 9 heteroatoms. The van der Waals surface area contributed by atoms with Crippen LogP contribution in [0, 0.1) is 12.8 Å². The third-order valence-corrected chi connectivity index (χ3v) is 8.54. The molecule has 202 valence electrons. The van der Waals surface area contributed by atoms with Gasteiger partial charge in [0.15, 0.2) is 0 Å². The number of thiazole rings is 1. The van der Waals surface area contributed by atoms with E-state index in [4.69, 9.17) is 9.47 Å².